The SMILES string of the molecule is CC1=NN(c2cccc(Cl)c2)C(=O)C1=Cc1cc2c(cc1Cl)OCO2. The van der Waals surface area contributed by atoms with Gasteiger partial charge in [-0.1, -0.05) is 29.3 Å². The van der Waals surface area contributed by atoms with Crippen LogP contribution < -0.4 is 14.5 Å². The molecule has 2 aromatic carbocycles. The van der Waals surface area contributed by atoms with Gasteiger partial charge in [-0.15, -0.1) is 0 Å². The monoisotopic (exact) mass is 374 g/mol. The Morgan fingerprint density at radius 1 is 1.16 bits per heavy atom. The highest BCUT2D eigenvalue weighted by molar-refractivity contribution is 6.35. The first-order valence-corrected chi connectivity index (χ1v) is 8.25. The number of nitrogens with zero attached hydrogens (tertiary/aromatic N) is 2. The first kappa shape index (κ1) is 16.0. The van der Waals surface area contributed by atoms with E-state index in [0.29, 0.717) is 44.1 Å². The van der Waals surface area contributed by atoms with Crippen LogP contribution in [0.3, 0.4) is 0 Å². The number of hydrogen-bond donors (Lipinski definition) is 0. The zero-order valence-corrected chi connectivity index (χ0v) is 14.6. The van der Waals surface area contributed by atoms with Crippen LogP contribution in [0.1, 0.15) is 12.5 Å². The van der Waals surface area contributed by atoms with Crippen LogP contribution in [0.4, 0.5) is 5.69 Å². The van der Waals surface area contributed by atoms with E-state index < -0.39 is 0 Å². The summed E-state index contributed by atoms with van der Waals surface area (Å²) < 4.78 is 10.7. The van der Waals surface area contributed by atoms with Crippen molar-refractivity contribution in [2.45, 2.75) is 6.92 Å². The Morgan fingerprint density at radius 3 is 2.68 bits per heavy atom. The molecule has 0 atom stereocenters. The van der Waals surface area contributed by atoms with Gasteiger partial charge in [0, 0.05) is 11.1 Å². The minimum Gasteiger partial charge on any atom is -0.454 e. The quantitative estimate of drug-likeness (QED) is 0.725. The smallest absolute Gasteiger partial charge is 0.280 e. The summed E-state index contributed by atoms with van der Waals surface area (Å²) in [5.74, 6) is 0.951. The fraction of sp³-hybridized carbons (Fsp3) is 0.111. The third-order valence-corrected chi connectivity index (χ3v) is 4.47. The van der Waals surface area contributed by atoms with Crippen molar-refractivity contribution in [3.05, 3.63) is 57.6 Å². The van der Waals surface area contributed by atoms with E-state index in [-0.39, 0.29) is 12.7 Å². The highest BCUT2D eigenvalue weighted by Crippen LogP contribution is 2.38. The lowest BCUT2D eigenvalue weighted by molar-refractivity contribution is -0.114. The van der Waals surface area contributed by atoms with Crippen LogP contribution in [0.15, 0.2) is 47.1 Å². The van der Waals surface area contributed by atoms with Crippen LogP contribution >= 0.6 is 23.2 Å². The summed E-state index contributed by atoms with van der Waals surface area (Å²) in [7, 11) is 0. The summed E-state index contributed by atoms with van der Waals surface area (Å²) in [4.78, 5) is 12.8. The third-order valence-electron chi connectivity index (χ3n) is 3.91. The molecule has 0 spiro atoms. The van der Waals surface area contributed by atoms with Gasteiger partial charge in [-0.05, 0) is 42.8 Å². The van der Waals surface area contributed by atoms with Gasteiger partial charge in [-0.2, -0.15) is 10.1 Å². The molecule has 4 rings (SSSR count). The molecule has 126 valence electrons. The molecule has 0 aliphatic carbocycles. The Morgan fingerprint density at radius 2 is 1.92 bits per heavy atom. The molecule has 1 amide bonds. The molecule has 25 heavy (non-hydrogen) atoms. The molecule has 5 nitrogen and oxygen atoms in total. The van der Waals surface area contributed by atoms with Crippen LogP contribution in [0.25, 0.3) is 6.08 Å². The second kappa shape index (κ2) is 6.10. The number of rotatable bonds is 2. The zero-order valence-electron chi connectivity index (χ0n) is 13.1. The largest absolute Gasteiger partial charge is 0.454 e. The molecular weight excluding hydrogens is 363 g/mol. The van der Waals surface area contributed by atoms with Gasteiger partial charge in [-0.3, -0.25) is 4.79 Å². The average Bonchev–Trinajstić information content (AvgIpc) is 3.14. The van der Waals surface area contributed by atoms with Gasteiger partial charge < -0.3 is 9.47 Å². The molecule has 2 aliphatic heterocycles. The highest BCUT2D eigenvalue weighted by atomic mass is 35.5. The Labute approximate surface area is 154 Å². The van der Waals surface area contributed by atoms with E-state index in [2.05, 4.69) is 5.10 Å². The number of halogens is 2. The number of anilines is 1. The molecule has 0 saturated carbocycles. The van der Waals surface area contributed by atoms with Gasteiger partial charge in [0.1, 0.15) is 0 Å². The van der Waals surface area contributed by atoms with Crippen molar-refractivity contribution < 1.29 is 14.3 Å². The minimum atomic E-state index is -0.242. The van der Waals surface area contributed by atoms with Crippen molar-refractivity contribution in [2.75, 3.05) is 11.8 Å². The van der Waals surface area contributed by atoms with Crippen molar-refractivity contribution in [3.8, 4) is 11.5 Å². The van der Waals surface area contributed by atoms with E-state index in [0.717, 1.165) is 0 Å². The summed E-state index contributed by atoms with van der Waals surface area (Å²) >= 11 is 12.3. The van der Waals surface area contributed by atoms with Crippen LogP contribution in [0.2, 0.25) is 10.0 Å². The number of fused-ring (bicyclic) bond motifs is 1. The molecule has 2 heterocycles. The summed E-state index contributed by atoms with van der Waals surface area (Å²) in [6.45, 7) is 1.93. The zero-order chi connectivity index (χ0) is 17.6. The van der Waals surface area contributed by atoms with Crippen LogP contribution in [-0.4, -0.2) is 18.4 Å². The van der Waals surface area contributed by atoms with E-state index in [4.69, 9.17) is 32.7 Å². The molecule has 2 aromatic rings. The first-order valence-electron chi connectivity index (χ1n) is 7.49. The normalized spacial score (nSPS) is 17.4. The molecule has 0 aromatic heterocycles. The molecule has 0 fully saturated rings. The average molecular weight is 375 g/mol. The number of amides is 1. The topological polar surface area (TPSA) is 51.1 Å². The predicted octanol–water partition coefficient (Wildman–Crippen LogP) is 4.53. The van der Waals surface area contributed by atoms with Crippen molar-refractivity contribution in [3.63, 3.8) is 0 Å². The number of ether oxygens (including phenoxy) is 2. The van der Waals surface area contributed by atoms with E-state index in [1.54, 1.807) is 49.4 Å². The minimum absolute atomic E-state index is 0.160. The Balaban J connectivity index is 1.71. The number of carbonyl (C=O) groups is 1. The van der Waals surface area contributed by atoms with E-state index >= 15 is 0 Å². The summed E-state index contributed by atoms with van der Waals surface area (Å²) in [6.07, 6.45) is 1.70. The highest BCUT2D eigenvalue weighted by Gasteiger charge is 2.29. The van der Waals surface area contributed by atoms with Crippen LogP contribution in [0.5, 0.6) is 11.5 Å². The van der Waals surface area contributed by atoms with Crippen molar-refractivity contribution in [1.82, 2.24) is 0 Å². The lowest BCUT2D eigenvalue weighted by Crippen LogP contribution is -2.21. The lowest BCUT2D eigenvalue weighted by Gasteiger charge is -2.11. The summed E-state index contributed by atoms with van der Waals surface area (Å²) in [6, 6.07) is 10.4. The van der Waals surface area contributed by atoms with Crippen molar-refractivity contribution in [1.29, 1.82) is 0 Å². The molecule has 7 heteroatoms. The maximum atomic E-state index is 12.8. The predicted molar refractivity (Wildman–Crippen MR) is 97.6 cm³/mol. The molecular formula is C18H12Cl2N2O3. The Kier molecular flexibility index (Phi) is 3.90. The molecule has 0 bridgehead atoms. The third kappa shape index (κ3) is 2.86. The summed E-state index contributed by atoms with van der Waals surface area (Å²) in [5.41, 5.74) is 2.33. The standard InChI is InChI=1S/C18H12Cl2N2O3/c1-10-14(5-11-6-16-17(8-15(11)20)25-9-24-16)18(23)22(21-10)13-4-2-3-12(19)7-13/h2-8H,9H2,1H3. The molecule has 0 radical (unpaired) electrons. The fourth-order valence-corrected chi connectivity index (χ4v) is 3.06. The number of benzene rings is 2. The lowest BCUT2D eigenvalue weighted by atomic mass is 10.1. The molecule has 0 saturated heterocycles. The van der Waals surface area contributed by atoms with E-state index in [9.17, 15) is 4.79 Å². The maximum Gasteiger partial charge on any atom is 0.280 e. The van der Waals surface area contributed by atoms with E-state index in [1.807, 2.05) is 0 Å². The van der Waals surface area contributed by atoms with E-state index in [1.165, 1.54) is 5.01 Å². The Bertz CT molecular complexity index is 953. The molecule has 0 unspecified atom stereocenters. The van der Waals surface area contributed by atoms with Gasteiger partial charge in [0.25, 0.3) is 5.91 Å². The van der Waals surface area contributed by atoms with Crippen LogP contribution in [0, 0.1) is 0 Å². The Hall–Kier alpha value is -2.50. The molecule has 2 aliphatic rings. The number of hydrazone groups is 1. The fourth-order valence-electron chi connectivity index (χ4n) is 2.67. The maximum absolute atomic E-state index is 12.8. The van der Waals surface area contributed by atoms with Crippen molar-refractivity contribution >= 4 is 46.6 Å². The summed E-state index contributed by atoms with van der Waals surface area (Å²) in [5, 5.41) is 6.67. The number of hydrogen-bond acceptors (Lipinski definition) is 4. The van der Waals surface area contributed by atoms with Gasteiger partial charge in [0.2, 0.25) is 6.79 Å². The second-order valence-corrected chi connectivity index (χ2v) is 6.41. The van der Waals surface area contributed by atoms with Crippen molar-refractivity contribution in [2.24, 2.45) is 5.10 Å². The van der Waals surface area contributed by atoms with Gasteiger partial charge >= 0.3 is 0 Å². The molecule has 0 N–H and O–H groups in total. The van der Waals surface area contributed by atoms with Crippen LogP contribution in [-0.2, 0) is 4.79 Å². The second-order valence-electron chi connectivity index (χ2n) is 5.57. The van der Waals surface area contributed by atoms with Gasteiger partial charge in [0.15, 0.2) is 11.5 Å². The first-order chi connectivity index (χ1) is 12.0. The van der Waals surface area contributed by atoms with Gasteiger partial charge in [0.05, 0.1) is 22.0 Å². The van der Waals surface area contributed by atoms with Gasteiger partial charge in [-0.25, -0.2) is 0 Å². The number of carbonyl (C=O) groups excluding carboxylic acids is 1.